The summed E-state index contributed by atoms with van der Waals surface area (Å²) in [5.41, 5.74) is 0. The first-order valence-corrected chi connectivity index (χ1v) is 12.9. The van der Waals surface area contributed by atoms with E-state index >= 15 is 0 Å². The van der Waals surface area contributed by atoms with Gasteiger partial charge in [0.05, 0.1) is 46.2 Å². The van der Waals surface area contributed by atoms with Crippen molar-refractivity contribution in [1.82, 2.24) is 5.32 Å². The molecule has 0 aromatic rings. The maximum Gasteiger partial charge on any atom is 0.0701 e. The van der Waals surface area contributed by atoms with Crippen LogP contribution in [-0.4, -0.2) is 66.4 Å². The molecule has 0 atom stereocenters. The highest BCUT2D eigenvalue weighted by molar-refractivity contribution is 4.49. The molecule has 0 heterocycles. The molecule has 0 aliphatic carbocycles. The summed E-state index contributed by atoms with van der Waals surface area (Å²) in [7, 11) is 1.92. The lowest BCUT2D eigenvalue weighted by Gasteiger charge is -2.07. The van der Waals surface area contributed by atoms with Gasteiger partial charge in [0.1, 0.15) is 0 Å². The summed E-state index contributed by atoms with van der Waals surface area (Å²) in [5.74, 6) is 0. The number of likely N-dealkylation sites (N-methyl/N-ethyl adjacent to an activating group) is 1. The van der Waals surface area contributed by atoms with Crippen LogP contribution >= 0.6 is 0 Å². The van der Waals surface area contributed by atoms with E-state index in [2.05, 4.69) is 12.2 Å². The molecule has 0 aromatic heterocycles. The van der Waals surface area contributed by atoms with E-state index in [0.717, 1.165) is 19.8 Å². The molecule has 182 valence electrons. The van der Waals surface area contributed by atoms with E-state index in [9.17, 15) is 0 Å². The van der Waals surface area contributed by atoms with Gasteiger partial charge in [-0.1, -0.05) is 90.4 Å². The van der Waals surface area contributed by atoms with Crippen molar-refractivity contribution < 1.29 is 18.9 Å². The van der Waals surface area contributed by atoms with Crippen LogP contribution in [0.5, 0.6) is 0 Å². The molecule has 0 aliphatic rings. The van der Waals surface area contributed by atoms with Crippen molar-refractivity contribution in [3.05, 3.63) is 0 Å². The van der Waals surface area contributed by atoms with Crippen LogP contribution in [0.25, 0.3) is 0 Å². The van der Waals surface area contributed by atoms with E-state index in [1.54, 1.807) is 0 Å². The minimum absolute atomic E-state index is 0.619. The summed E-state index contributed by atoms with van der Waals surface area (Å²) in [6.07, 6.45) is 19.5. The molecule has 1 N–H and O–H groups in total. The molecule has 0 saturated heterocycles. The summed E-state index contributed by atoms with van der Waals surface area (Å²) in [5, 5.41) is 3.04. The van der Waals surface area contributed by atoms with E-state index in [1.165, 1.54) is 89.9 Å². The predicted octanol–water partition coefficient (Wildman–Crippen LogP) is 5.75. The van der Waals surface area contributed by atoms with Crippen molar-refractivity contribution in [2.24, 2.45) is 0 Å². The molecular formula is C25H53NO4. The average molecular weight is 432 g/mol. The van der Waals surface area contributed by atoms with Crippen LogP contribution in [-0.2, 0) is 18.9 Å². The smallest absolute Gasteiger partial charge is 0.0701 e. The van der Waals surface area contributed by atoms with E-state index in [4.69, 9.17) is 18.9 Å². The number of hydrogen-bond acceptors (Lipinski definition) is 5. The molecule has 0 amide bonds. The molecule has 0 bridgehead atoms. The molecule has 5 nitrogen and oxygen atoms in total. The van der Waals surface area contributed by atoms with Gasteiger partial charge in [-0.15, -0.1) is 0 Å². The van der Waals surface area contributed by atoms with Gasteiger partial charge in [-0.25, -0.2) is 0 Å². The number of nitrogens with one attached hydrogen (secondary N) is 1. The number of hydrogen-bond donors (Lipinski definition) is 1. The second kappa shape index (κ2) is 28.8. The lowest BCUT2D eigenvalue weighted by Crippen LogP contribution is -2.17. The van der Waals surface area contributed by atoms with Gasteiger partial charge in [-0.2, -0.15) is 0 Å². The molecule has 0 aliphatic heterocycles. The zero-order valence-corrected chi connectivity index (χ0v) is 20.4. The van der Waals surface area contributed by atoms with Gasteiger partial charge in [0.25, 0.3) is 0 Å². The van der Waals surface area contributed by atoms with Gasteiger partial charge >= 0.3 is 0 Å². The van der Waals surface area contributed by atoms with E-state index in [-0.39, 0.29) is 0 Å². The lowest BCUT2D eigenvalue weighted by atomic mass is 10.0. The summed E-state index contributed by atoms with van der Waals surface area (Å²) in [6.45, 7) is 8.61. The van der Waals surface area contributed by atoms with Gasteiger partial charge < -0.3 is 24.3 Å². The summed E-state index contributed by atoms with van der Waals surface area (Å²) >= 11 is 0. The van der Waals surface area contributed by atoms with Crippen molar-refractivity contribution in [1.29, 1.82) is 0 Å². The minimum atomic E-state index is 0.619. The normalized spacial score (nSPS) is 11.4. The molecule has 0 aromatic carbocycles. The first kappa shape index (κ1) is 29.8. The Morgan fingerprint density at radius 2 is 0.733 bits per heavy atom. The second-order valence-corrected chi connectivity index (χ2v) is 8.15. The maximum absolute atomic E-state index is 5.63. The Bertz CT molecular complexity index is 264. The minimum Gasteiger partial charge on any atom is -0.379 e. The Labute approximate surface area is 188 Å². The van der Waals surface area contributed by atoms with Crippen LogP contribution in [0.3, 0.4) is 0 Å². The van der Waals surface area contributed by atoms with Crippen molar-refractivity contribution in [3.63, 3.8) is 0 Å². The highest BCUT2D eigenvalue weighted by Crippen LogP contribution is 2.12. The number of ether oxygens (including phenoxy) is 4. The average Bonchev–Trinajstić information content (AvgIpc) is 2.76. The van der Waals surface area contributed by atoms with E-state index in [1.807, 2.05) is 7.05 Å². The maximum atomic E-state index is 5.63. The Balaban J connectivity index is 2.97. The Kier molecular flexibility index (Phi) is 28.6. The fourth-order valence-electron chi connectivity index (χ4n) is 3.33. The fraction of sp³-hybridized carbons (Fsp3) is 1.00. The Morgan fingerprint density at radius 3 is 1.13 bits per heavy atom. The Hall–Kier alpha value is -0.200. The molecule has 0 saturated carbocycles. The van der Waals surface area contributed by atoms with Crippen LogP contribution in [0.4, 0.5) is 0 Å². The highest BCUT2D eigenvalue weighted by Gasteiger charge is 1.95. The predicted molar refractivity (Wildman–Crippen MR) is 128 cm³/mol. The molecule has 5 heteroatoms. The molecular weight excluding hydrogens is 378 g/mol. The Morgan fingerprint density at radius 1 is 0.400 bits per heavy atom. The quantitative estimate of drug-likeness (QED) is 0.168. The summed E-state index contributed by atoms with van der Waals surface area (Å²) in [6, 6.07) is 0. The van der Waals surface area contributed by atoms with Gasteiger partial charge in [-0.05, 0) is 13.5 Å². The van der Waals surface area contributed by atoms with Gasteiger partial charge in [0.2, 0.25) is 0 Å². The second-order valence-electron chi connectivity index (χ2n) is 8.15. The number of rotatable bonds is 27. The third-order valence-corrected chi connectivity index (χ3v) is 5.25. The van der Waals surface area contributed by atoms with Crippen molar-refractivity contribution >= 4 is 0 Å². The monoisotopic (exact) mass is 431 g/mol. The summed E-state index contributed by atoms with van der Waals surface area (Å²) < 4.78 is 21.9. The lowest BCUT2D eigenvalue weighted by molar-refractivity contribution is -0.00170. The van der Waals surface area contributed by atoms with Crippen LogP contribution < -0.4 is 5.32 Å². The first-order valence-electron chi connectivity index (χ1n) is 12.9. The highest BCUT2D eigenvalue weighted by atomic mass is 16.6. The molecule has 0 unspecified atom stereocenters. The van der Waals surface area contributed by atoms with E-state index < -0.39 is 0 Å². The van der Waals surface area contributed by atoms with Crippen molar-refractivity contribution in [2.45, 2.75) is 96.8 Å². The van der Waals surface area contributed by atoms with Crippen molar-refractivity contribution in [2.75, 3.05) is 66.4 Å². The van der Waals surface area contributed by atoms with Crippen LogP contribution in [0, 0.1) is 0 Å². The third-order valence-electron chi connectivity index (χ3n) is 5.25. The SMILES string of the molecule is CCCCCCCCCCCCCCCCOCCOCCOCCOCCNC. The zero-order chi connectivity index (χ0) is 21.8. The van der Waals surface area contributed by atoms with Gasteiger partial charge in [0, 0.05) is 13.2 Å². The third kappa shape index (κ3) is 27.8. The molecule has 0 fully saturated rings. The van der Waals surface area contributed by atoms with Crippen LogP contribution in [0.1, 0.15) is 96.8 Å². The largest absolute Gasteiger partial charge is 0.379 e. The first-order chi connectivity index (χ1) is 14.9. The zero-order valence-electron chi connectivity index (χ0n) is 20.4. The molecule has 0 spiro atoms. The van der Waals surface area contributed by atoms with Gasteiger partial charge in [0.15, 0.2) is 0 Å². The van der Waals surface area contributed by atoms with Gasteiger partial charge in [-0.3, -0.25) is 0 Å². The standard InChI is InChI=1S/C25H53NO4/c1-3-4-5-6-7-8-9-10-11-12-13-14-15-16-18-27-20-22-29-24-25-30-23-21-28-19-17-26-2/h26H,3-25H2,1-2H3. The number of unbranched alkanes of at least 4 members (excludes halogenated alkanes) is 13. The van der Waals surface area contributed by atoms with Crippen molar-refractivity contribution in [3.8, 4) is 0 Å². The topological polar surface area (TPSA) is 49.0 Å². The van der Waals surface area contributed by atoms with Crippen LogP contribution in [0.2, 0.25) is 0 Å². The summed E-state index contributed by atoms with van der Waals surface area (Å²) in [4.78, 5) is 0. The van der Waals surface area contributed by atoms with E-state index in [0.29, 0.717) is 39.6 Å². The molecule has 0 rings (SSSR count). The molecule has 0 radical (unpaired) electrons. The van der Waals surface area contributed by atoms with Crippen LogP contribution in [0.15, 0.2) is 0 Å². The molecule has 30 heavy (non-hydrogen) atoms. The fourth-order valence-corrected chi connectivity index (χ4v) is 3.33.